The van der Waals surface area contributed by atoms with Gasteiger partial charge < -0.3 is 10.5 Å². The molecule has 0 amide bonds. The molecule has 0 bridgehead atoms. The van der Waals surface area contributed by atoms with Crippen LogP contribution in [0.5, 0.6) is 0 Å². The number of anilines is 1. The molecular weight excluding hydrogens is 280 g/mol. The minimum absolute atomic E-state index is 0.0324. The normalized spacial score (nSPS) is 17.9. The Morgan fingerprint density at radius 2 is 1.86 bits per heavy atom. The minimum atomic E-state index is -0.188. The van der Waals surface area contributed by atoms with Gasteiger partial charge in [0.05, 0.1) is 18.6 Å². The van der Waals surface area contributed by atoms with Crippen molar-refractivity contribution in [2.75, 3.05) is 25.4 Å². The van der Waals surface area contributed by atoms with Gasteiger partial charge in [0.1, 0.15) is 0 Å². The summed E-state index contributed by atoms with van der Waals surface area (Å²) in [5.41, 5.74) is 6.98. The van der Waals surface area contributed by atoms with Gasteiger partial charge in [-0.15, -0.1) is 0 Å². The van der Waals surface area contributed by atoms with Crippen molar-refractivity contribution in [2.45, 2.75) is 32.7 Å². The standard InChI is InChI=1S/C17H24N2O3/c1-3-22-17(21)14-8-10-19(11-9-14)12(2)16(20)13-4-6-15(18)7-5-13/h4-7,12,14H,3,8-11,18H2,1-2H3. The topological polar surface area (TPSA) is 72.6 Å². The summed E-state index contributed by atoms with van der Waals surface area (Å²) >= 11 is 0. The molecule has 1 fully saturated rings. The molecule has 5 heteroatoms. The first kappa shape index (κ1) is 16.5. The zero-order chi connectivity index (χ0) is 16.1. The molecule has 120 valence electrons. The Morgan fingerprint density at radius 3 is 2.41 bits per heavy atom. The maximum atomic E-state index is 12.5. The van der Waals surface area contributed by atoms with E-state index in [1.165, 1.54) is 0 Å². The molecule has 22 heavy (non-hydrogen) atoms. The molecule has 5 nitrogen and oxygen atoms in total. The second kappa shape index (κ2) is 7.40. The largest absolute Gasteiger partial charge is 0.466 e. The number of Topliss-reactive ketones (excluding diaryl/α,β-unsaturated/α-hetero) is 1. The molecule has 1 aromatic carbocycles. The predicted molar refractivity (Wildman–Crippen MR) is 85.6 cm³/mol. The third-order valence-electron chi connectivity index (χ3n) is 4.27. The third-order valence-corrected chi connectivity index (χ3v) is 4.27. The van der Waals surface area contributed by atoms with Gasteiger partial charge in [-0.25, -0.2) is 0 Å². The highest BCUT2D eigenvalue weighted by atomic mass is 16.5. The molecule has 1 unspecified atom stereocenters. The SMILES string of the molecule is CCOC(=O)C1CCN(C(C)C(=O)c2ccc(N)cc2)CC1. The highest BCUT2D eigenvalue weighted by molar-refractivity contribution is 6.00. The quantitative estimate of drug-likeness (QED) is 0.512. The molecular formula is C17H24N2O3. The average molecular weight is 304 g/mol. The number of ketones is 1. The van der Waals surface area contributed by atoms with Crippen LogP contribution in [0.25, 0.3) is 0 Å². The van der Waals surface area contributed by atoms with Gasteiger partial charge in [0.2, 0.25) is 0 Å². The molecule has 0 aromatic heterocycles. The average Bonchev–Trinajstić information content (AvgIpc) is 2.54. The molecule has 1 aliphatic heterocycles. The van der Waals surface area contributed by atoms with E-state index in [0.717, 1.165) is 25.9 Å². The highest BCUT2D eigenvalue weighted by Gasteiger charge is 2.30. The van der Waals surface area contributed by atoms with Crippen molar-refractivity contribution in [3.8, 4) is 0 Å². The lowest BCUT2D eigenvalue weighted by Gasteiger charge is -2.34. The van der Waals surface area contributed by atoms with Gasteiger partial charge in [0, 0.05) is 11.3 Å². The maximum Gasteiger partial charge on any atom is 0.309 e. The van der Waals surface area contributed by atoms with E-state index < -0.39 is 0 Å². The zero-order valence-electron chi connectivity index (χ0n) is 13.2. The number of piperidine rings is 1. The van der Waals surface area contributed by atoms with Crippen molar-refractivity contribution in [2.24, 2.45) is 5.92 Å². The van der Waals surface area contributed by atoms with Gasteiger partial charge in [0.25, 0.3) is 0 Å². The first-order valence-corrected chi connectivity index (χ1v) is 7.83. The molecule has 1 aromatic rings. The first-order valence-electron chi connectivity index (χ1n) is 7.83. The van der Waals surface area contributed by atoms with E-state index in [0.29, 0.717) is 17.9 Å². The van der Waals surface area contributed by atoms with Gasteiger partial charge in [-0.2, -0.15) is 0 Å². The van der Waals surface area contributed by atoms with Gasteiger partial charge >= 0.3 is 5.97 Å². The summed E-state index contributed by atoms with van der Waals surface area (Å²) in [5.74, 6) is -0.0516. The van der Waals surface area contributed by atoms with E-state index in [1.54, 1.807) is 24.3 Å². The first-order chi connectivity index (χ1) is 10.5. The van der Waals surface area contributed by atoms with Crippen molar-refractivity contribution in [3.05, 3.63) is 29.8 Å². The van der Waals surface area contributed by atoms with E-state index >= 15 is 0 Å². The molecule has 0 saturated carbocycles. The second-order valence-electron chi connectivity index (χ2n) is 5.72. The Morgan fingerprint density at radius 1 is 1.27 bits per heavy atom. The van der Waals surface area contributed by atoms with Gasteiger partial charge in [0.15, 0.2) is 5.78 Å². The Labute approximate surface area is 131 Å². The van der Waals surface area contributed by atoms with Gasteiger partial charge in [-0.3, -0.25) is 14.5 Å². The van der Waals surface area contributed by atoms with E-state index in [2.05, 4.69) is 4.90 Å². The van der Waals surface area contributed by atoms with E-state index in [-0.39, 0.29) is 23.7 Å². The van der Waals surface area contributed by atoms with Crippen LogP contribution in [0, 0.1) is 5.92 Å². The zero-order valence-corrected chi connectivity index (χ0v) is 13.2. The summed E-state index contributed by atoms with van der Waals surface area (Å²) in [6, 6.07) is 6.82. The monoisotopic (exact) mass is 304 g/mol. The molecule has 2 N–H and O–H groups in total. The molecule has 1 atom stereocenters. The fraction of sp³-hybridized carbons (Fsp3) is 0.529. The number of nitrogen functional groups attached to an aromatic ring is 1. The Kier molecular flexibility index (Phi) is 5.55. The number of hydrogen-bond donors (Lipinski definition) is 1. The number of carbonyl (C=O) groups is 2. The number of nitrogens with zero attached hydrogens (tertiary/aromatic N) is 1. The van der Waals surface area contributed by atoms with Crippen LogP contribution in [0.15, 0.2) is 24.3 Å². The number of nitrogens with two attached hydrogens (primary N) is 1. The number of benzene rings is 1. The molecule has 2 rings (SSSR count). The van der Waals surface area contributed by atoms with Crippen LogP contribution in [0.1, 0.15) is 37.0 Å². The summed E-state index contributed by atoms with van der Waals surface area (Å²) in [6.07, 6.45) is 1.50. The molecule has 0 radical (unpaired) electrons. The fourth-order valence-electron chi connectivity index (χ4n) is 2.84. The molecule has 1 heterocycles. The molecule has 1 saturated heterocycles. The summed E-state index contributed by atoms with van der Waals surface area (Å²) in [7, 11) is 0. The number of rotatable bonds is 5. The highest BCUT2D eigenvalue weighted by Crippen LogP contribution is 2.22. The van der Waals surface area contributed by atoms with Crippen LogP contribution in [-0.4, -0.2) is 42.4 Å². The van der Waals surface area contributed by atoms with E-state index in [9.17, 15) is 9.59 Å². The van der Waals surface area contributed by atoms with Crippen LogP contribution in [0.4, 0.5) is 5.69 Å². The van der Waals surface area contributed by atoms with Crippen LogP contribution < -0.4 is 5.73 Å². The number of ether oxygens (including phenoxy) is 1. The lowest BCUT2D eigenvalue weighted by Crippen LogP contribution is -2.45. The molecule has 1 aliphatic rings. The fourth-order valence-corrected chi connectivity index (χ4v) is 2.84. The van der Waals surface area contributed by atoms with Crippen molar-refractivity contribution in [3.63, 3.8) is 0 Å². The number of carbonyl (C=O) groups excluding carboxylic acids is 2. The Bertz CT molecular complexity index is 519. The Hall–Kier alpha value is -1.88. The Balaban J connectivity index is 1.91. The summed E-state index contributed by atoms with van der Waals surface area (Å²) in [4.78, 5) is 26.4. The molecule has 0 spiro atoms. The van der Waals surface area contributed by atoms with Crippen molar-refractivity contribution in [1.82, 2.24) is 4.90 Å². The number of likely N-dealkylation sites (tertiary alicyclic amines) is 1. The van der Waals surface area contributed by atoms with Crippen LogP contribution in [0.2, 0.25) is 0 Å². The van der Waals surface area contributed by atoms with Crippen molar-refractivity contribution < 1.29 is 14.3 Å². The van der Waals surface area contributed by atoms with Crippen LogP contribution in [0.3, 0.4) is 0 Å². The van der Waals surface area contributed by atoms with E-state index in [4.69, 9.17) is 10.5 Å². The summed E-state index contributed by atoms with van der Waals surface area (Å²) < 4.78 is 5.07. The third kappa shape index (κ3) is 3.85. The number of esters is 1. The van der Waals surface area contributed by atoms with E-state index in [1.807, 2.05) is 13.8 Å². The van der Waals surface area contributed by atoms with Crippen LogP contribution in [-0.2, 0) is 9.53 Å². The summed E-state index contributed by atoms with van der Waals surface area (Å²) in [5, 5.41) is 0. The lowest BCUT2D eigenvalue weighted by atomic mass is 9.94. The van der Waals surface area contributed by atoms with Crippen LogP contribution >= 0.6 is 0 Å². The van der Waals surface area contributed by atoms with Crippen molar-refractivity contribution in [1.29, 1.82) is 0 Å². The molecule has 0 aliphatic carbocycles. The van der Waals surface area contributed by atoms with Gasteiger partial charge in [-0.05, 0) is 64.0 Å². The predicted octanol–water partition coefficient (Wildman–Crippen LogP) is 2.12. The second-order valence-corrected chi connectivity index (χ2v) is 5.72. The summed E-state index contributed by atoms with van der Waals surface area (Å²) in [6.45, 7) is 5.64. The maximum absolute atomic E-state index is 12.5. The van der Waals surface area contributed by atoms with Gasteiger partial charge in [-0.1, -0.05) is 0 Å². The van der Waals surface area contributed by atoms with Crippen molar-refractivity contribution >= 4 is 17.4 Å². The minimum Gasteiger partial charge on any atom is -0.466 e. The number of hydrogen-bond acceptors (Lipinski definition) is 5. The lowest BCUT2D eigenvalue weighted by molar-refractivity contribution is -0.149. The smallest absolute Gasteiger partial charge is 0.309 e.